The third-order valence-electron chi connectivity index (χ3n) is 6.13. The minimum absolute atomic E-state index is 0.159. The molecule has 170 valence electrons. The van der Waals surface area contributed by atoms with E-state index in [9.17, 15) is 5.11 Å². The molecular weight excluding hydrogens is 412 g/mol. The maximum Gasteiger partial charge on any atom is 0.158 e. The van der Waals surface area contributed by atoms with Gasteiger partial charge in [-0.25, -0.2) is 9.97 Å². The molecule has 0 spiro atoms. The molecule has 0 bridgehead atoms. The van der Waals surface area contributed by atoms with Gasteiger partial charge in [0, 0.05) is 37.9 Å². The Balaban J connectivity index is 1.37. The highest BCUT2D eigenvalue weighted by Gasteiger charge is 2.17. The second kappa shape index (κ2) is 9.50. The minimum atomic E-state index is -0.159. The number of aromatic amines is 1. The van der Waals surface area contributed by atoms with Crippen LogP contribution in [0.1, 0.15) is 31.2 Å². The van der Waals surface area contributed by atoms with Crippen molar-refractivity contribution in [2.75, 3.05) is 35.2 Å². The molecule has 7 nitrogen and oxygen atoms in total. The molecule has 4 aromatic rings. The molecule has 0 saturated carbocycles. The van der Waals surface area contributed by atoms with Crippen LogP contribution in [0.2, 0.25) is 0 Å². The first kappa shape index (κ1) is 21.3. The van der Waals surface area contributed by atoms with Crippen molar-refractivity contribution < 1.29 is 5.11 Å². The molecule has 3 heterocycles. The van der Waals surface area contributed by atoms with Crippen LogP contribution in [0.25, 0.3) is 11.0 Å². The summed E-state index contributed by atoms with van der Waals surface area (Å²) in [6, 6.07) is 18.8. The lowest BCUT2D eigenvalue weighted by atomic mass is 10.1. The second-order valence-corrected chi connectivity index (χ2v) is 8.49. The van der Waals surface area contributed by atoms with Crippen LogP contribution in [-0.2, 0) is 6.42 Å². The van der Waals surface area contributed by atoms with Crippen LogP contribution >= 0.6 is 0 Å². The lowest BCUT2D eigenvalue weighted by molar-refractivity contribution is 0.145. The minimum Gasteiger partial charge on any atom is -0.393 e. The van der Waals surface area contributed by atoms with Gasteiger partial charge < -0.3 is 25.6 Å². The van der Waals surface area contributed by atoms with Crippen LogP contribution in [0.15, 0.2) is 60.8 Å². The lowest BCUT2D eigenvalue weighted by Gasteiger charge is -2.31. The summed E-state index contributed by atoms with van der Waals surface area (Å²) in [6.45, 7) is 4.73. The van der Waals surface area contributed by atoms with Gasteiger partial charge in [0.1, 0.15) is 11.3 Å². The Morgan fingerprint density at radius 2 is 1.76 bits per heavy atom. The largest absolute Gasteiger partial charge is 0.393 e. The quantitative estimate of drug-likeness (QED) is 0.332. The molecule has 1 aliphatic rings. The summed E-state index contributed by atoms with van der Waals surface area (Å²) < 4.78 is 0. The smallest absolute Gasteiger partial charge is 0.158 e. The molecular formula is C26H30N6O. The Bertz CT molecular complexity index is 1210. The van der Waals surface area contributed by atoms with Crippen LogP contribution in [0.3, 0.4) is 0 Å². The number of anilines is 4. The number of benzene rings is 2. The zero-order valence-electron chi connectivity index (χ0n) is 18.9. The number of piperidine rings is 1. The number of aromatic nitrogens is 3. The molecule has 0 amide bonds. The van der Waals surface area contributed by atoms with Crippen molar-refractivity contribution in [1.29, 1.82) is 0 Å². The highest BCUT2D eigenvalue weighted by Crippen LogP contribution is 2.28. The van der Waals surface area contributed by atoms with E-state index in [0.29, 0.717) is 6.42 Å². The van der Waals surface area contributed by atoms with Crippen molar-refractivity contribution >= 4 is 33.9 Å². The fraction of sp³-hybridized carbons (Fsp3) is 0.308. The highest BCUT2D eigenvalue weighted by molar-refractivity contribution is 5.89. The van der Waals surface area contributed by atoms with Crippen molar-refractivity contribution in [3.8, 4) is 0 Å². The molecule has 7 heteroatoms. The number of hydrogen-bond donors (Lipinski definition) is 4. The normalized spacial score (nSPS) is 14.5. The predicted molar refractivity (Wildman–Crippen MR) is 134 cm³/mol. The van der Waals surface area contributed by atoms with E-state index in [4.69, 9.17) is 9.97 Å². The van der Waals surface area contributed by atoms with Crippen molar-refractivity contribution in [3.63, 3.8) is 0 Å². The Morgan fingerprint density at radius 1 is 1.00 bits per heavy atom. The summed E-state index contributed by atoms with van der Waals surface area (Å²) in [5, 5.41) is 16.6. The summed E-state index contributed by atoms with van der Waals surface area (Å²) >= 11 is 0. The molecule has 2 aromatic heterocycles. The SMILES string of the molecule is CCNc1ccccc1Nc1nc(Cc2ccc(N3CCC(O)CC3)cc2)nc2cc[nH]c12. The van der Waals surface area contributed by atoms with Gasteiger partial charge in [0.15, 0.2) is 5.82 Å². The number of nitrogens with zero attached hydrogens (tertiary/aromatic N) is 3. The van der Waals surface area contributed by atoms with Gasteiger partial charge >= 0.3 is 0 Å². The van der Waals surface area contributed by atoms with Crippen LogP contribution in [0.5, 0.6) is 0 Å². The monoisotopic (exact) mass is 442 g/mol. The van der Waals surface area contributed by atoms with Crippen molar-refractivity contribution in [3.05, 3.63) is 72.2 Å². The van der Waals surface area contributed by atoms with Gasteiger partial charge in [0.25, 0.3) is 0 Å². The van der Waals surface area contributed by atoms with E-state index in [1.54, 1.807) is 0 Å². The number of hydrogen-bond acceptors (Lipinski definition) is 6. The number of fused-ring (bicyclic) bond motifs is 1. The third-order valence-corrected chi connectivity index (χ3v) is 6.13. The lowest BCUT2D eigenvalue weighted by Crippen LogP contribution is -2.35. The average molecular weight is 443 g/mol. The molecule has 5 rings (SSSR count). The third kappa shape index (κ3) is 4.78. The Morgan fingerprint density at radius 3 is 2.52 bits per heavy atom. The van der Waals surface area contributed by atoms with Crippen LogP contribution in [-0.4, -0.2) is 45.8 Å². The highest BCUT2D eigenvalue weighted by atomic mass is 16.3. The van der Waals surface area contributed by atoms with Gasteiger partial charge in [-0.15, -0.1) is 0 Å². The number of aliphatic hydroxyl groups excluding tert-OH is 1. The maximum atomic E-state index is 9.75. The first-order valence-corrected chi connectivity index (χ1v) is 11.7. The predicted octanol–water partition coefficient (Wildman–Crippen LogP) is 4.69. The molecule has 4 N–H and O–H groups in total. The van der Waals surface area contributed by atoms with E-state index in [0.717, 1.165) is 66.5 Å². The first-order valence-electron chi connectivity index (χ1n) is 11.7. The molecule has 0 aliphatic carbocycles. The zero-order valence-corrected chi connectivity index (χ0v) is 18.9. The van der Waals surface area contributed by atoms with E-state index in [1.807, 2.05) is 30.5 Å². The standard InChI is InChI=1S/C26H30N6O/c1-2-27-21-5-3-4-6-22(21)30-26-25-23(11-14-28-25)29-24(31-26)17-18-7-9-19(10-8-18)32-15-12-20(33)13-16-32/h3-11,14,20,27-28,33H,2,12-13,15-17H2,1H3,(H,29,30,31). The Kier molecular flexibility index (Phi) is 6.13. The van der Waals surface area contributed by atoms with Gasteiger partial charge in [-0.2, -0.15) is 0 Å². The fourth-order valence-electron chi connectivity index (χ4n) is 4.36. The molecule has 0 radical (unpaired) electrons. The zero-order chi connectivity index (χ0) is 22.6. The van der Waals surface area contributed by atoms with E-state index in [1.165, 1.54) is 11.3 Å². The molecule has 2 aromatic carbocycles. The molecule has 1 fully saturated rings. The van der Waals surface area contributed by atoms with E-state index >= 15 is 0 Å². The van der Waals surface area contributed by atoms with E-state index < -0.39 is 0 Å². The number of H-pyrrole nitrogens is 1. The summed E-state index contributed by atoms with van der Waals surface area (Å²) in [4.78, 5) is 15.2. The summed E-state index contributed by atoms with van der Waals surface area (Å²) in [7, 11) is 0. The van der Waals surface area contributed by atoms with Crippen LogP contribution in [0, 0.1) is 0 Å². The molecule has 0 atom stereocenters. The van der Waals surface area contributed by atoms with Crippen LogP contribution in [0.4, 0.5) is 22.9 Å². The molecule has 1 saturated heterocycles. The van der Waals surface area contributed by atoms with E-state index in [2.05, 4.69) is 57.8 Å². The number of para-hydroxylation sites is 2. The number of aliphatic hydroxyl groups is 1. The van der Waals surface area contributed by atoms with Crippen molar-refractivity contribution in [2.45, 2.75) is 32.3 Å². The van der Waals surface area contributed by atoms with Gasteiger partial charge in [-0.05, 0) is 55.7 Å². The fourth-order valence-corrected chi connectivity index (χ4v) is 4.36. The number of nitrogens with one attached hydrogen (secondary N) is 3. The second-order valence-electron chi connectivity index (χ2n) is 8.49. The Labute approximate surface area is 193 Å². The number of rotatable bonds is 7. The summed E-state index contributed by atoms with van der Waals surface area (Å²) in [5.41, 5.74) is 6.19. The van der Waals surface area contributed by atoms with Gasteiger partial charge in [-0.1, -0.05) is 24.3 Å². The van der Waals surface area contributed by atoms with Crippen LogP contribution < -0.4 is 15.5 Å². The van der Waals surface area contributed by atoms with Gasteiger partial charge in [0.05, 0.1) is 23.0 Å². The maximum absolute atomic E-state index is 9.75. The first-order chi connectivity index (χ1) is 16.2. The van der Waals surface area contributed by atoms with Crippen molar-refractivity contribution in [1.82, 2.24) is 15.0 Å². The van der Waals surface area contributed by atoms with Crippen molar-refractivity contribution in [2.24, 2.45) is 0 Å². The summed E-state index contributed by atoms with van der Waals surface area (Å²) in [5.74, 6) is 1.55. The average Bonchev–Trinajstić information content (AvgIpc) is 3.31. The Hall–Kier alpha value is -3.58. The van der Waals surface area contributed by atoms with Gasteiger partial charge in [0.2, 0.25) is 0 Å². The molecule has 1 aliphatic heterocycles. The topological polar surface area (TPSA) is 89.1 Å². The van der Waals surface area contributed by atoms with E-state index in [-0.39, 0.29) is 6.10 Å². The molecule has 33 heavy (non-hydrogen) atoms. The van der Waals surface area contributed by atoms with Gasteiger partial charge in [-0.3, -0.25) is 0 Å². The molecule has 0 unspecified atom stereocenters. The summed E-state index contributed by atoms with van der Waals surface area (Å²) in [6.07, 6.45) is 4.06.